The highest BCUT2D eigenvalue weighted by Gasteiger charge is 2.36. The molecule has 0 bridgehead atoms. The van der Waals surface area contributed by atoms with E-state index >= 15 is 0 Å². The Morgan fingerprint density at radius 2 is 2.07 bits per heavy atom. The van der Waals surface area contributed by atoms with Gasteiger partial charge in [-0.3, -0.25) is 9.79 Å². The Morgan fingerprint density at radius 1 is 1.32 bits per heavy atom. The zero-order valence-corrected chi connectivity index (χ0v) is 17.3. The van der Waals surface area contributed by atoms with Crippen LogP contribution < -0.4 is 5.32 Å². The third kappa shape index (κ3) is 4.03. The summed E-state index contributed by atoms with van der Waals surface area (Å²) in [7, 11) is 3.21. The number of likely N-dealkylation sites (tertiary alicyclic amines) is 1. The lowest BCUT2D eigenvalue weighted by atomic mass is 9.99. The van der Waals surface area contributed by atoms with Gasteiger partial charge < -0.3 is 15.0 Å². The topological polar surface area (TPSA) is 71.8 Å². The largest absolute Gasteiger partial charge is 0.469 e. The van der Waals surface area contributed by atoms with Gasteiger partial charge in [0.15, 0.2) is 5.96 Å². The van der Waals surface area contributed by atoms with E-state index in [4.69, 9.17) is 4.74 Å². The number of hydrogen-bond donors (Lipinski definition) is 1. The monoisotopic (exact) mass is 383 g/mol. The first kappa shape index (κ1) is 19.9. The average Bonchev–Trinajstić information content (AvgIpc) is 3.23. The van der Waals surface area contributed by atoms with E-state index in [-0.39, 0.29) is 17.8 Å². The maximum absolute atomic E-state index is 12.0. The number of carbonyl (C=O) groups is 1. The van der Waals surface area contributed by atoms with Crippen molar-refractivity contribution in [1.82, 2.24) is 20.0 Å². The molecule has 0 radical (unpaired) electrons. The minimum absolute atomic E-state index is 0.120. The first-order chi connectivity index (χ1) is 13.4. The fourth-order valence-electron chi connectivity index (χ4n) is 3.84. The van der Waals surface area contributed by atoms with E-state index in [2.05, 4.69) is 52.4 Å². The van der Waals surface area contributed by atoms with E-state index in [0.717, 1.165) is 35.1 Å². The van der Waals surface area contributed by atoms with E-state index in [1.165, 1.54) is 7.11 Å². The number of aromatic nitrogens is 2. The Morgan fingerprint density at radius 3 is 2.71 bits per heavy atom. The van der Waals surface area contributed by atoms with Gasteiger partial charge in [-0.15, -0.1) is 0 Å². The number of hydrogen-bond acceptors (Lipinski definition) is 4. The minimum atomic E-state index is -0.152. The molecule has 0 saturated carbocycles. The predicted octanol–water partition coefficient (Wildman–Crippen LogP) is 2.31. The van der Waals surface area contributed by atoms with Crippen LogP contribution in [0.2, 0.25) is 0 Å². The zero-order chi connectivity index (χ0) is 20.3. The van der Waals surface area contributed by atoms with Crippen LogP contribution in [-0.4, -0.2) is 53.9 Å². The molecule has 2 atom stereocenters. The molecule has 3 rings (SSSR count). The van der Waals surface area contributed by atoms with Gasteiger partial charge in [0.05, 0.1) is 24.4 Å². The SMILES string of the molecule is CN=C(NCc1ccccc1-n1nc(C)cc1C)N1CC(C)C(C(=O)OC)C1. The van der Waals surface area contributed by atoms with E-state index in [0.29, 0.717) is 13.1 Å². The highest BCUT2D eigenvalue weighted by atomic mass is 16.5. The standard InChI is InChI=1S/C21H29N5O2/c1-14-12-25(13-18(14)20(27)28-5)21(22-4)23-11-17-8-6-7-9-19(17)26-16(3)10-15(2)24-26/h6-10,14,18H,11-13H2,1-5H3,(H,22,23). The highest BCUT2D eigenvalue weighted by Crippen LogP contribution is 2.24. The molecule has 1 saturated heterocycles. The molecule has 1 aromatic heterocycles. The lowest BCUT2D eigenvalue weighted by Gasteiger charge is -2.22. The highest BCUT2D eigenvalue weighted by molar-refractivity contribution is 5.82. The van der Waals surface area contributed by atoms with Gasteiger partial charge in [0.1, 0.15) is 0 Å². The first-order valence-electron chi connectivity index (χ1n) is 9.59. The van der Waals surface area contributed by atoms with Gasteiger partial charge in [0.25, 0.3) is 0 Å². The van der Waals surface area contributed by atoms with Crippen LogP contribution in [-0.2, 0) is 16.1 Å². The Kier molecular flexibility index (Phi) is 6.02. The van der Waals surface area contributed by atoms with Gasteiger partial charge >= 0.3 is 5.97 Å². The maximum Gasteiger partial charge on any atom is 0.310 e. The van der Waals surface area contributed by atoms with Gasteiger partial charge in [-0.05, 0) is 37.5 Å². The Balaban J connectivity index is 1.74. The van der Waals surface area contributed by atoms with Gasteiger partial charge in [-0.1, -0.05) is 25.1 Å². The lowest BCUT2D eigenvalue weighted by molar-refractivity contribution is -0.145. The first-order valence-corrected chi connectivity index (χ1v) is 9.59. The summed E-state index contributed by atoms with van der Waals surface area (Å²) in [5.41, 5.74) is 4.28. The summed E-state index contributed by atoms with van der Waals surface area (Å²) in [6, 6.07) is 10.3. The fraction of sp³-hybridized carbons (Fsp3) is 0.476. The molecule has 150 valence electrons. The molecule has 1 aliphatic heterocycles. The van der Waals surface area contributed by atoms with Crippen LogP contribution in [0.1, 0.15) is 23.9 Å². The predicted molar refractivity (Wildman–Crippen MR) is 109 cm³/mol. The number of nitrogens with one attached hydrogen (secondary N) is 1. The summed E-state index contributed by atoms with van der Waals surface area (Å²) < 4.78 is 6.91. The van der Waals surface area contributed by atoms with Gasteiger partial charge in [-0.25, -0.2) is 4.68 Å². The van der Waals surface area contributed by atoms with Crippen molar-refractivity contribution in [3.05, 3.63) is 47.3 Å². The van der Waals surface area contributed by atoms with Gasteiger partial charge in [0, 0.05) is 32.4 Å². The molecular weight excluding hydrogens is 354 g/mol. The number of benzene rings is 1. The minimum Gasteiger partial charge on any atom is -0.469 e. The molecule has 7 nitrogen and oxygen atoms in total. The average molecular weight is 383 g/mol. The second kappa shape index (κ2) is 8.46. The molecule has 2 unspecified atom stereocenters. The number of aryl methyl sites for hydroxylation is 2. The number of guanidine groups is 1. The third-order valence-electron chi connectivity index (χ3n) is 5.29. The molecule has 28 heavy (non-hydrogen) atoms. The summed E-state index contributed by atoms with van der Waals surface area (Å²) in [5, 5.41) is 8.06. The van der Waals surface area contributed by atoms with Crippen molar-refractivity contribution >= 4 is 11.9 Å². The van der Waals surface area contributed by atoms with Crippen molar-refractivity contribution in [2.24, 2.45) is 16.8 Å². The zero-order valence-electron chi connectivity index (χ0n) is 17.3. The van der Waals surface area contributed by atoms with Crippen LogP contribution in [0, 0.1) is 25.7 Å². The summed E-state index contributed by atoms with van der Waals surface area (Å²) in [6.45, 7) is 8.15. The van der Waals surface area contributed by atoms with Crippen molar-refractivity contribution in [2.45, 2.75) is 27.3 Å². The molecule has 1 aromatic carbocycles. The summed E-state index contributed by atoms with van der Waals surface area (Å²) in [5.74, 6) is 0.750. The Labute approximate surface area is 166 Å². The molecule has 1 fully saturated rings. The molecular formula is C21H29N5O2. The number of nitrogens with zero attached hydrogens (tertiary/aromatic N) is 4. The molecule has 7 heteroatoms. The molecule has 0 amide bonds. The number of para-hydroxylation sites is 1. The van der Waals surface area contributed by atoms with Crippen LogP contribution in [0.15, 0.2) is 35.3 Å². The van der Waals surface area contributed by atoms with Crippen LogP contribution in [0.5, 0.6) is 0 Å². The van der Waals surface area contributed by atoms with Crippen molar-refractivity contribution in [3.63, 3.8) is 0 Å². The number of rotatable bonds is 4. The van der Waals surface area contributed by atoms with E-state index in [1.807, 2.05) is 23.7 Å². The number of ether oxygens (including phenoxy) is 1. The number of carbonyl (C=O) groups excluding carboxylic acids is 1. The van der Waals surface area contributed by atoms with Gasteiger partial charge in [0.2, 0.25) is 0 Å². The van der Waals surface area contributed by atoms with Crippen molar-refractivity contribution in [1.29, 1.82) is 0 Å². The summed E-state index contributed by atoms with van der Waals surface area (Å²) >= 11 is 0. The summed E-state index contributed by atoms with van der Waals surface area (Å²) in [6.07, 6.45) is 0. The quantitative estimate of drug-likeness (QED) is 0.498. The summed E-state index contributed by atoms with van der Waals surface area (Å²) in [4.78, 5) is 18.5. The second-order valence-corrected chi connectivity index (χ2v) is 7.38. The number of aliphatic imine (C=N–C) groups is 1. The second-order valence-electron chi connectivity index (χ2n) is 7.38. The molecule has 0 spiro atoms. The molecule has 1 N–H and O–H groups in total. The van der Waals surface area contributed by atoms with Crippen LogP contribution >= 0.6 is 0 Å². The van der Waals surface area contributed by atoms with Crippen molar-refractivity contribution < 1.29 is 9.53 Å². The fourth-order valence-corrected chi connectivity index (χ4v) is 3.84. The van der Waals surface area contributed by atoms with Crippen LogP contribution in [0.4, 0.5) is 0 Å². The van der Waals surface area contributed by atoms with Gasteiger partial charge in [-0.2, -0.15) is 5.10 Å². The Hall–Kier alpha value is -2.83. The number of methoxy groups -OCH3 is 1. The lowest BCUT2D eigenvalue weighted by Crippen LogP contribution is -2.40. The van der Waals surface area contributed by atoms with Crippen molar-refractivity contribution in [3.8, 4) is 5.69 Å². The molecule has 2 aromatic rings. The normalized spacial score (nSPS) is 19.8. The van der Waals surface area contributed by atoms with E-state index in [1.54, 1.807) is 7.05 Å². The molecule has 0 aliphatic carbocycles. The number of esters is 1. The molecule has 1 aliphatic rings. The van der Waals surface area contributed by atoms with Crippen molar-refractivity contribution in [2.75, 3.05) is 27.2 Å². The van der Waals surface area contributed by atoms with E-state index < -0.39 is 0 Å². The smallest absolute Gasteiger partial charge is 0.310 e. The maximum atomic E-state index is 12.0. The molecule has 2 heterocycles. The van der Waals surface area contributed by atoms with Crippen LogP contribution in [0.25, 0.3) is 5.69 Å². The Bertz CT molecular complexity index is 873. The third-order valence-corrected chi connectivity index (χ3v) is 5.29. The van der Waals surface area contributed by atoms with Crippen LogP contribution in [0.3, 0.4) is 0 Å². The van der Waals surface area contributed by atoms with E-state index in [9.17, 15) is 4.79 Å².